The van der Waals surface area contributed by atoms with E-state index in [0.29, 0.717) is 28.4 Å². The molecule has 2 aromatic carbocycles. The monoisotopic (exact) mass is 397 g/mol. The maximum absolute atomic E-state index is 13.6. The van der Waals surface area contributed by atoms with Crippen LogP contribution in [0.3, 0.4) is 0 Å². The average Bonchev–Trinajstić information content (AvgIpc) is 3.19. The molecule has 0 fully saturated rings. The normalized spacial score (nSPS) is 19.2. The van der Waals surface area contributed by atoms with Crippen molar-refractivity contribution < 1.29 is 9.53 Å². The molecule has 1 atom stereocenters. The molecule has 1 aromatic heterocycles. The number of ether oxygens (including phenoxy) is 1. The summed E-state index contributed by atoms with van der Waals surface area (Å²) in [6.07, 6.45) is 0. The van der Waals surface area contributed by atoms with Gasteiger partial charge in [-0.3, -0.25) is 4.79 Å². The molecule has 0 saturated carbocycles. The number of amides is 1. The molecule has 3 heterocycles. The molecule has 148 valence electrons. The first-order valence-corrected chi connectivity index (χ1v) is 9.56. The lowest BCUT2D eigenvalue weighted by molar-refractivity contribution is -0.118. The van der Waals surface area contributed by atoms with E-state index in [4.69, 9.17) is 10.5 Å². The molecular formula is C23H19N5O2. The Morgan fingerprint density at radius 3 is 2.63 bits per heavy atom. The van der Waals surface area contributed by atoms with E-state index >= 15 is 0 Å². The minimum Gasteiger partial charge on any atom is -0.422 e. The number of aromatic nitrogens is 2. The minimum atomic E-state index is -1.41. The number of carbonyl (C=O) groups is 1. The number of rotatable bonds is 1. The van der Waals surface area contributed by atoms with Crippen LogP contribution in [0.1, 0.15) is 27.9 Å². The summed E-state index contributed by atoms with van der Waals surface area (Å²) in [6, 6.07) is 15.5. The fourth-order valence-corrected chi connectivity index (χ4v) is 4.64. The Morgan fingerprint density at radius 2 is 1.93 bits per heavy atom. The largest absolute Gasteiger partial charge is 0.422 e. The fraction of sp³-hybridized carbons (Fsp3) is 0.174. The van der Waals surface area contributed by atoms with Crippen LogP contribution >= 0.6 is 0 Å². The summed E-state index contributed by atoms with van der Waals surface area (Å²) in [6.45, 7) is 5.71. The second kappa shape index (κ2) is 5.97. The predicted octanol–water partition coefficient (Wildman–Crippen LogP) is 3.12. The van der Waals surface area contributed by atoms with E-state index in [1.807, 2.05) is 63.2 Å². The lowest BCUT2D eigenvalue weighted by Crippen LogP contribution is -2.42. The molecule has 0 saturated heterocycles. The number of hydrogen-bond donors (Lipinski definition) is 2. The molecule has 30 heavy (non-hydrogen) atoms. The summed E-state index contributed by atoms with van der Waals surface area (Å²) >= 11 is 0. The van der Waals surface area contributed by atoms with Crippen LogP contribution in [0.4, 0.5) is 5.69 Å². The number of aryl methyl sites for hydroxylation is 3. The zero-order valence-corrected chi connectivity index (χ0v) is 16.8. The van der Waals surface area contributed by atoms with Crippen LogP contribution in [0.25, 0.3) is 5.69 Å². The molecule has 1 unspecified atom stereocenters. The highest BCUT2D eigenvalue weighted by Gasteiger charge is 2.59. The van der Waals surface area contributed by atoms with Crippen molar-refractivity contribution in [1.82, 2.24) is 9.78 Å². The van der Waals surface area contributed by atoms with Gasteiger partial charge in [-0.1, -0.05) is 35.9 Å². The van der Waals surface area contributed by atoms with E-state index in [-0.39, 0.29) is 17.4 Å². The summed E-state index contributed by atoms with van der Waals surface area (Å²) in [5.41, 5.74) is 10.1. The van der Waals surface area contributed by atoms with Gasteiger partial charge in [-0.25, -0.2) is 4.68 Å². The van der Waals surface area contributed by atoms with Gasteiger partial charge in [-0.05, 0) is 38.5 Å². The van der Waals surface area contributed by atoms with E-state index in [0.717, 1.165) is 16.8 Å². The highest BCUT2D eigenvalue weighted by atomic mass is 16.5. The third-order valence-electron chi connectivity index (χ3n) is 5.80. The smallest absolute Gasteiger partial charge is 0.245 e. The molecule has 3 aromatic rings. The third kappa shape index (κ3) is 2.08. The first kappa shape index (κ1) is 18.0. The second-order valence-corrected chi connectivity index (χ2v) is 7.67. The van der Waals surface area contributed by atoms with Gasteiger partial charge in [0, 0.05) is 11.3 Å². The lowest BCUT2D eigenvalue weighted by Gasteiger charge is -2.32. The number of nitrogens with one attached hydrogen (secondary N) is 1. The van der Waals surface area contributed by atoms with E-state index in [2.05, 4.69) is 16.5 Å². The zero-order valence-electron chi connectivity index (χ0n) is 16.8. The quantitative estimate of drug-likeness (QED) is 0.656. The first-order valence-electron chi connectivity index (χ1n) is 9.56. The van der Waals surface area contributed by atoms with Crippen LogP contribution in [0.2, 0.25) is 0 Å². The van der Waals surface area contributed by atoms with Crippen LogP contribution in [0.15, 0.2) is 53.9 Å². The molecule has 3 N–H and O–H groups in total. The molecule has 1 spiro atoms. The Labute approximate surface area is 173 Å². The highest BCUT2D eigenvalue weighted by Crippen LogP contribution is 2.55. The fourth-order valence-electron chi connectivity index (χ4n) is 4.64. The maximum Gasteiger partial charge on any atom is 0.245 e. The number of nitrogens with two attached hydrogens (primary N) is 1. The summed E-state index contributed by atoms with van der Waals surface area (Å²) in [7, 11) is 0. The maximum atomic E-state index is 13.6. The summed E-state index contributed by atoms with van der Waals surface area (Å²) in [5.74, 6) is -0.0763. The van der Waals surface area contributed by atoms with Crippen LogP contribution in [0, 0.1) is 32.1 Å². The number of benzene rings is 2. The van der Waals surface area contributed by atoms with Crippen molar-refractivity contribution in [3.63, 3.8) is 0 Å². The van der Waals surface area contributed by atoms with Crippen molar-refractivity contribution >= 4 is 11.6 Å². The standard InChI is InChI=1S/C23H19N5O2/c1-12-9-13(2)19-16(10-12)23(22(29)26-19)17(11-24)20(25)30-21-18(23)14(3)27-28(21)15-7-5-4-6-8-15/h4-10H,25H2,1-3H3,(H,26,29). The SMILES string of the molecule is Cc1cc(C)c2c(c1)C1(C(=O)N2)C(C#N)=C(N)Oc2c1c(C)nn2-c1ccccc1. The van der Waals surface area contributed by atoms with E-state index < -0.39 is 5.41 Å². The average molecular weight is 397 g/mol. The van der Waals surface area contributed by atoms with Gasteiger partial charge in [0.1, 0.15) is 17.1 Å². The van der Waals surface area contributed by atoms with Gasteiger partial charge in [0.05, 0.1) is 16.9 Å². The number of fused-ring (bicyclic) bond motifs is 4. The number of anilines is 1. The molecular weight excluding hydrogens is 378 g/mol. The van der Waals surface area contributed by atoms with Crippen molar-refractivity contribution in [3.05, 3.63) is 81.9 Å². The van der Waals surface area contributed by atoms with Crippen molar-refractivity contribution in [2.24, 2.45) is 5.73 Å². The van der Waals surface area contributed by atoms with E-state index in [1.165, 1.54) is 0 Å². The number of nitriles is 1. The molecule has 5 rings (SSSR count). The highest BCUT2D eigenvalue weighted by molar-refractivity contribution is 6.13. The van der Waals surface area contributed by atoms with Crippen LogP contribution in [-0.4, -0.2) is 15.7 Å². The molecule has 0 radical (unpaired) electrons. The van der Waals surface area contributed by atoms with Crippen molar-refractivity contribution in [1.29, 1.82) is 5.26 Å². The Morgan fingerprint density at radius 1 is 1.20 bits per heavy atom. The van der Waals surface area contributed by atoms with Crippen molar-refractivity contribution in [2.75, 3.05) is 5.32 Å². The van der Waals surface area contributed by atoms with Gasteiger partial charge in [0.25, 0.3) is 0 Å². The zero-order chi connectivity index (χ0) is 21.2. The molecule has 2 aliphatic rings. The lowest BCUT2D eigenvalue weighted by atomic mass is 9.68. The molecule has 2 aliphatic heterocycles. The topological polar surface area (TPSA) is 106 Å². The van der Waals surface area contributed by atoms with Crippen molar-refractivity contribution in [2.45, 2.75) is 26.2 Å². The van der Waals surface area contributed by atoms with E-state index in [1.54, 1.807) is 4.68 Å². The molecule has 0 bridgehead atoms. The molecule has 7 heteroatoms. The van der Waals surface area contributed by atoms with Crippen LogP contribution in [0.5, 0.6) is 5.88 Å². The Kier molecular flexibility index (Phi) is 3.59. The molecule has 0 aliphatic carbocycles. The number of nitrogens with zero attached hydrogens (tertiary/aromatic N) is 3. The second-order valence-electron chi connectivity index (χ2n) is 7.67. The Hall–Kier alpha value is -4.05. The molecule has 1 amide bonds. The van der Waals surface area contributed by atoms with Gasteiger partial charge < -0.3 is 15.8 Å². The first-order chi connectivity index (χ1) is 14.4. The summed E-state index contributed by atoms with van der Waals surface area (Å²) < 4.78 is 7.53. The number of para-hydroxylation sites is 1. The van der Waals surface area contributed by atoms with Gasteiger partial charge in [0.15, 0.2) is 0 Å². The minimum absolute atomic E-state index is 0.0759. The predicted molar refractivity (Wildman–Crippen MR) is 111 cm³/mol. The van der Waals surface area contributed by atoms with E-state index in [9.17, 15) is 10.1 Å². The van der Waals surface area contributed by atoms with Gasteiger partial charge in [0.2, 0.25) is 17.7 Å². The third-order valence-corrected chi connectivity index (χ3v) is 5.80. The van der Waals surface area contributed by atoms with Crippen LogP contribution < -0.4 is 15.8 Å². The molecule has 7 nitrogen and oxygen atoms in total. The number of hydrogen-bond acceptors (Lipinski definition) is 5. The Bertz CT molecular complexity index is 1310. The van der Waals surface area contributed by atoms with Gasteiger partial charge in [-0.15, -0.1) is 0 Å². The number of carbonyl (C=O) groups excluding carboxylic acids is 1. The summed E-state index contributed by atoms with van der Waals surface area (Å²) in [5, 5.41) is 17.7. The van der Waals surface area contributed by atoms with Crippen LogP contribution in [-0.2, 0) is 10.2 Å². The van der Waals surface area contributed by atoms with Gasteiger partial charge >= 0.3 is 0 Å². The Balaban J connectivity index is 1.92. The van der Waals surface area contributed by atoms with Crippen molar-refractivity contribution in [3.8, 4) is 17.6 Å². The van der Waals surface area contributed by atoms with Gasteiger partial charge in [-0.2, -0.15) is 10.4 Å². The summed E-state index contributed by atoms with van der Waals surface area (Å²) in [4.78, 5) is 13.6.